The van der Waals surface area contributed by atoms with Gasteiger partial charge in [-0.15, -0.1) is 0 Å². The van der Waals surface area contributed by atoms with E-state index in [0.717, 1.165) is 18.4 Å². The summed E-state index contributed by atoms with van der Waals surface area (Å²) in [5.41, 5.74) is 8.41. The molecule has 80 valence electrons. The van der Waals surface area contributed by atoms with Crippen molar-refractivity contribution in [1.82, 2.24) is 0 Å². The molecule has 0 radical (unpaired) electrons. The van der Waals surface area contributed by atoms with Crippen molar-refractivity contribution in [1.29, 1.82) is 0 Å². The fourth-order valence-electron chi connectivity index (χ4n) is 1.93. The summed E-state index contributed by atoms with van der Waals surface area (Å²) >= 11 is 12.0. The minimum absolute atomic E-state index is 0.0720. The third-order valence-corrected chi connectivity index (χ3v) is 3.34. The molecule has 0 aromatic heterocycles. The largest absolute Gasteiger partial charge is 0.321 e. The van der Waals surface area contributed by atoms with Crippen LogP contribution >= 0.6 is 23.2 Å². The molecule has 1 nitrogen and oxygen atoms in total. The molecule has 0 heterocycles. The molecular formula is C12H13Cl2N. The number of halogens is 2. The summed E-state index contributed by atoms with van der Waals surface area (Å²) in [7, 11) is 0. The van der Waals surface area contributed by atoms with E-state index in [1.54, 1.807) is 6.07 Å². The first-order chi connectivity index (χ1) is 7.18. The molecule has 0 aliphatic heterocycles. The summed E-state index contributed by atoms with van der Waals surface area (Å²) in [6.07, 6.45) is 5.64. The van der Waals surface area contributed by atoms with Crippen LogP contribution in [0.1, 0.15) is 30.9 Å². The fourth-order valence-corrected chi connectivity index (χ4v) is 2.46. The summed E-state index contributed by atoms with van der Waals surface area (Å²) in [6.45, 7) is 0. The van der Waals surface area contributed by atoms with E-state index in [2.05, 4.69) is 6.08 Å². The highest BCUT2D eigenvalue weighted by atomic mass is 35.5. The van der Waals surface area contributed by atoms with Crippen molar-refractivity contribution in [2.24, 2.45) is 5.73 Å². The molecule has 1 atom stereocenters. The zero-order chi connectivity index (χ0) is 10.8. The Morgan fingerprint density at radius 2 is 2.07 bits per heavy atom. The molecule has 0 fully saturated rings. The summed E-state index contributed by atoms with van der Waals surface area (Å²) in [5, 5.41) is 1.30. The Hall–Kier alpha value is -0.500. The van der Waals surface area contributed by atoms with Crippen LogP contribution in [-0.4, -0.2) is 0 Å². The monoisotopic (exact) mass is 241 g/mol. The molecule has 2 rings (SSSR count). The zero-order valence-corrected chi connectivity index (χ0v) is 9.85. The van der Waals surface area contributed by atoms with Crippen molar-refractivity contribution < 1.29 is 0 Å². The molecule has 15 heavy (non-hydrogen) atoms. The predicted molar refractivity (Wildman–Crippen MR) is 65.3 cm³/mol. The van der Waals surface area contributed by atoms with E-state index in [4.69, 9.17) is 28.9 Å². The SMILES string of the molecule is NC(C1=CCCC1)c1ccc(Cl)cc1Cl. The number of benzene rings is 1. The van der Waals surface area contributed by atoms with Crippen LogP contribution in [0.25, 0.3) is 0 Å². The van der Waals surface area contributed by atoms with Crippen LogP contribution in [-0.2, 0) is 0 Å². The van der Waals surface area contributed by atoms with Gasteiger partial charge in [-0.2, -0.15) is 0 Å². The van der Waals surface area contributed by atoms with E-state index < -0.39 is 0 Å². The van der Waals surface area contributed by atoms with Gasteiger partial charge in [0.15, 0.2) is 0 Å². The molecule has 1 aromatic carbocycles. The third kappa shape index (κ3) is 2.36. The lowest BCUT2D eigenvalue weighted by atomic mass is 9.99. The Morgan fingerprint density at radius 3 is 2.67 bits per heavy atom. The topological polar surface area (TPSA) is 26.0 Å². The van der Waals surface area contributed by atoms with Crippen molar-refractivity contribution in [2.75, 3.05) is 0 Å². The van der Waals surface area contributed by atoms with Crippen molar-refractivity contribution in [2.45, 2.75) is 25.3 Å². The Labute approximate surface area is 99.9 Å². The minimum atomic E-state index is -0.0720. The van der Waals surface area contributed by atoms with Gasteiger partial charge in [0.25, 0.3) is 0 Å². The number of allylic oxidation sites excluding steroid dienone is 1. The van der Waals surface area contributed by atoms with Gasteiger partial charge in [0, 0.05) is 10.0 Å². The van der Waals surface area contributed by atoms with E-state index in [-0.39, 0.29) is 6.04 Å². The van der Waals surface area contributed by atoms with Crippen LogP contribution in [0.4, 0.5) is 0 Å². The first-order valence-electron chi connectivity index (χ1n) is 5.08. The quantitative estimate of drug-likeness (QED) is 0.776. The van der Waals surface area contributed by atoms with Gasteiger partial charge < -0.3 is 5.73 Å². The first kappa shape index (κ1) is 11.0. The van der Waals surface area contributed by atoms with Gasteiger partial charge in [-0.3, -0.25) is 0 Å². The Morgan fingerprint density at radius 1 is 1.27 bits per heavy atom. The van der Waals surface area contributed by atoms with Crippen molar-refractivity contribution >= 4 is 23.2 Å². The molecule has 1 aliphatic rings. The molecule has 0 spiro atoms. The van der Waals surface area contributed by atoms with Crippen LogP contribution in [0.2, 0.25) is 10.0 Å². The molecule has 1 aliphatic carbocycles. The molecule has 0 amide bonds. The maximum atomic E-state index is 6.16. The average molecular weight is 242 g/mol. The minimum Gasteiger partial charge on any atom is -0.321 e. The lowest BCUT2D eigenvalue weighted by Gasteiger charge is -2.15. The highest BCUT2D eigenvalue weighted by molar-refractivity contribution is 6.35. The van der Waals surface area contributed by atoms with Crippen LogP contribution in [0.15, 0.2) is 29.8 Å². The second-order valence-electron chi connectivity index (χ2n) is 3.81. The highest BCUT2D eigenvalue weighted by Gasteiger charge is 2.17. The number of hydrogen-bond acceptors (Lipinski definition) is 1. The van der Waals surface area contributed by atoms with Gasteiger partial charge in [0.2, 0.25) is 0 Å². The summed E-state index contributed by atoms with van der Waals surface area (Å²) in [4.78, 5) is 0. The second-order valence-corrected chi connectivity index (χ2v) is 4.66. The summed E-state index contributed by atoms with van der Waals surface area (Å²) in [5.74, 6) is 0. The van der Waals surface area contributed by atoms with Gasteiger partial charge in [-0.25, -0.2) is 0 Å². The average Bonchev–Trinajstić information content (AvgIpc) is 2.69. The molecule has 1 aromatic rings. The van der Waals surface area contributed by atoms with Gasteiger partial charge in [0.1, 0.15) is 0 Å². The van der Waals surface area contributed by atoms with E-state index in [9.17, 15) is 0 Å². The Balaban J connectivity index is 2.28. The van der Waals surface area contributed by atoms with Crippen LogP contribution in [0.3, 0.4) is 0 Å². The molecule has 2 N–H and O–H groups in total. The number of rotatable bonds is 2. The molecule has 0 saturated carbocycles. The van der Waals surface area contributed by atoms with Crippen LogP contribution in [0, 0.1) is 0 Å². The maximum absolute atomic E-state index is 6.16. The van der Waals surface area contributed by atoms with Gasteiger partial charge in [-0.05, 0) is 37.0 Å². The van der Waals surface area contributed by atoms with Crippen LogP contribution in [0.5, 0.6) is 0 Å². The van der Waals surface area contributed by atoms with E-state index >= 15 is 0 Å². The summed E-state index contributed by atoms with van der Waals surface area (Å²) in [6, 6.07) is 5.41. The normalized spacial score (nSPS) is 17.7. The van der Waals surface area contributed by atoms with E-state index in [1.807, 2.05) is 12.1 Å². The molecule has 1 unspecified atom stereocenters. The third-order valence-electron chi connectivity index (χ3n) is 2.77. The number of nitrogens with two attached hydrogens (primary N) is 1. The zero-order valence-electron chi connectivity index (χ0n) is 8.34. The number of hydrogen-bond donors (Lipinski definition) is 1. The van der Waals surface area contributed by atoms with Crippen molar-refractivity contribution in [3.8, 4) is 0 Å². The lowest BCUT2D eigenvalue weighted by Crippen LogP contribution is -2.12. The molecular weight excluding hydrogens is 229 g/mol. The highest BCUT2D eigenvalue weighted by Crippen LogP contribution is 2.33. The Kier molecular flexibility index (Phi) is 3.35. The Bertz CT molecular complexity index is 399. The van der Waals surface area contributed by atoms with Crippen LogP contribution < -0.4 is 5.73 Å². The second kappa shape index (κ2) is 4.56. The van der Waals surface area contributed by atoms with Gasteiger partial charge in [0.05, 0.1) is 6.04 Å². The van der Waals surface area contributed by atoms with E-state index in [1.165, 1.54) is 12.0 Å². The van der Waals surface area contributed by atoms with E-state index in [0.29, 0.717) is 10.0 Å². The first-order valence-corrected chi connectivity index (χ1v) is 5.83. The standard InChI is InChI=1S/C12H13Cl2N/c13-9-5-6-10(11(14)7-9)12(15)8-3-1-2-4-8/h3,5-7,12H,1-2,4,15H2. The smallest absolute Gasteiger partial charge is 0.0525 e. The van der Waals surface area contributed by atoms with Crippen molar-refractivity contribution in [3.63, 3.8) is 0 Å². The fraction of sp³-hybridized carbons (Fsp3) is 0.333. The van der Waals surface area contributed by atoms with Gasteiger partial charge in [-0.1, -0.05) is 40.9 Å². The summed E-state index contributed by atoms with van der Waals surface area (Å²) < 4.78 is 0. The van der Waals surface area contributed by atoms with Crippen molar-refractivity contribution in [3.05, 3.63) is 45.5 Å². The maximum Gasteiger partial charge on any atom is 0.0525 e. The molecule has 0 saturated heterocycles. The van der Waals surface area contributed by atoms with Gasteiger partial charge >= 0.3 is 0 Å². The molecule has 0 bridgehead atoms. The molecule has 3 heteroatoms. The lowest BCUT2D eigenvalue weighted by molar-refractivity contribution is 0.785. The predicted octanol–water partition coefficient (Wildman–Crippen LogP) is 4.10.